The molecule has 1 saturated heterocycles. The van der Waals surface area contributed by atoms with Crippen LogP contribution < -0.4 is 5.32 Å². The van der Waals surface area contributed by atoms with Crippen LogP contribution in [0.25, 0.3) is 0 Å². The van der Waals surface area contributed by atoms with Crippen LogP contribution in [0.4, 0.5) is 0 Å². The van der Waals surface area contributed by atoms with E-state index in [-0.39, 0.29) is 0 Å². The highest BCUT2D eigenvalue weighted by atomic mass is 32.2. The minimum Gasteiger partial charge on any atom is -0.316 e. The standard InChI is InChI=1S/C15H30N2S/c1-4-8-16-12-13-5-6-14(13)17-9-7-15(2,3)18-11-10-17/h13-14,16H,4-12H2,1-3H3. The highest BCUT2D eigenvalue weighted by Gasteiger charge is 2.36. The maximum absolute atomic E-state index is 3.61. The fourth-order valence-corrected chi connectivity index (χ4v) is 4.22. The van der Waals surface area contributed by atoms with Crippen molar-refractivity contribution >= 4 is 11.8 Å². The van der Waals surface area contributed by atoms with Crippen molar-refractivity contribution in [3.05, 3.63) is 0 Å². The Morgan fingerprint density at radius 3 is 2.78 bits per heavy atom. The van der Waals surface area contributed by atoms with E-state index < -0.39 is 0 Å². The Balaban J connectivity index is 1.77. The van der Waals surface area contributed by atoms with Gasteiger partial charge in [-0.2, -0.15) is 11.8 Å². The van der Waals surface area contributed by atoms with Gasteiger partial charge >= 0.3 is 0 Å². The molecule has 1 saturated carbocycles. The molecule has 18 heavy (non-hydrogen) atoms. The highest BCUT2D eigenvalue weighted by Crippen LogP contribution is 2.36. The first-order valence-corrected chi connectivity index (χ1v) is 8.69. The van der Waals surface area contributed by atoms with Crippen LogP contribution >= 0.6 is 11.8 Å². The van der Waals surface area contributed by atoms with Crippen molar-refractivity contribution < 1.29 is 0 Å². The van der Waals surface area contributed by atoms with Crippen molar-refractivity contribution in [2.24, 2.45) is 5.92 Å². The van der Waals surface area contributed by atoms with Crippen LogP contribution in [0.15, 0.2) is 0 Å². The molecule has 2 rings (SSSR count). The highest BCUT2D eigenvalue weighted by molar-refractivity contribution is 8.00. The summed E-state index contributed by atoms with van der Waals surface area (Å²) in [4.78, 5) is 2.78. The van der Waals surface area contributed by atoms with Gasteiger partial charge < -0.3 is 5.32 Å². The molecule has 3 heteroatoms. The Bertz CT molecular complexity index is 255. The molecule has 106 valence electrons. The molecule has 0 aromatic rings. The molecular formula is C15H30N2S. The minimum atomic E-state index is 0.494. The van der Waals surface area contributed by atoms with Gasteiger partial charge in [-0.3, -0.25) is 4.90 Å². The average Bonchev–Trinajstić information content (AvgIpc) is 2.45. The van der Waals surface area contributed by atoms with Crippen LogP contribution in [0.3, 0.4) is 0 Å². The van der Waals surface area contributed by atoms with Crippen molar-refractivity contribution in [3.8, 4) is 0 Å². The normalized spacial score (nSPS) is 32.8. The Kier molecular flexibility index (Phi) is 5.40. The lowest BCUT2D eigenvalue weighted by Gasteiger charge is -2.44. The maximum Gasteiger partial charge on any atom is 0.0136 e. The van der Waals surface area contributed by atoms with Crippen LogP contribution in [0.1, 0.15) is 46.5 Å². The van der Waals surface area contributed by atoms with Crippen LogP contribution in [0.5, 0.6) is 0 Å². The zero-order valence-corrected chi connectivity index (χ0v) is 13.2. The van der Waals surface area contributed by atoms with Gasteiger partial charge in [0.2, 0.25) is 0 Å². The van der Waals surface area contributed by atoms with Crippen LogP contribution in [0, 0.1) is 5.92 Å². The van der Waals surface area contributed by atoms with Gasteiger partial charge in [0.25, 0.3) is 0 Å². The fourth-order valence-electron chi connectivity index (χ4n) is 3.10. The minimum absolute atomic E-state index is 0.494. The van der Waals surface area contributed by atoms with E-state index in [2.05, 4.69) is 42.7 Å². The third-order valence-electron chi connectivity index (χ3n) is 4.55. The summed E-state index contributed by atoms with van der Waals surface area (Å²) in [7, 11) is 0. The summed E-state index contributed by atoms with van der Waals surface area (Å²) in [6.07, 6.45) is 5.48. The third kappa shape index (κ3) is 3.88. The van der Waals surface area contributed by atoms with Gasteiger partial charge in [0.1, 0.15) is 0 Å². The Hall–Kier alpha value is 0.270. The molecule has 1 heterocycles. The lowest BCUT2D eigenvalue weighted by molar-refractivity contribution is 0.0662. The Labute approximate surface area is 117 Å². The zero-order valence-electron chi connectivity index (χ0n) is 12.4. The molecule has 2 nitrogen and oxygen atoms in total. The number of rotatable bonds is 5. The van der Waals surface area contributed by atoms with E-state index in [1.54, 1.807) is 0 Å². The number of hydrogen-bond donors (Lipinski definition) is 1. The number of nitrogens with zero attached hydrogens (tertiary/aromatic N) is 1. The van der Waals surface area contributed by atoms with E-state index in [1.165, 1.54) is 57.6 Å². The molecule has 2 unspecified atom stereocenters. The van der Waals surface area contributed by atoms with E-state index >= 15 is 0 Å². The number of hydrogen-bond acceptors (Lipinski definition) is 3. The smallest absolute Gasteiger partial charge is 0.0136 e. The summed E-state index contributed by atoms with van der Waals surface area (Å²) >= 11 is 2.16. The van der Waals surface area contributed by atoms with Crippen LogP contribution in [-0.4, -0.2) is 47.6 Å². The average molecular weight is 270 g/mol. The van der Waals surface area contributed by atoms with Gasteiger partial charge in [0, 0.05) is 23.1 Å². The summed E-state index contributed by atoms with van der Waals surface area (Å²) in [6, 6.07) is 0.879. The molecule has 2 fully saturated rings. The van der Waals surface area contributed by atoms with E-state index in [0.717, 1.165) is 12.0 Å². The number of nitrogens with one attached hydrogen (secondary N) is 1. The van der Waals surface area contributed by atoms with E-state index in [4.69, 9.17) is 0 Å². The van der Waals surface area contributed by atoms with Crippen LogP contribution in [-0.2, 0) is 0 Å². The summed E-state index contributed by atoms with van der Waals surface area (Å²) < 4.78 is 0.494. The monoisotopic (exact) mass is 270 g/mol. The first kappa shape index (κ1) is 14.7. The van der Waals surface area contributed by atoms with Gasteiger partial charge in [0.15, 0.2) is 0 Å². The maximum atomic E-state index is 3.61. The van der Waals surface area contributed by atoms with Crippen LogP contribution in [0.2, 0.25) is 0 Å². The predicted octanol–water partition coefficient (Wildman–Crippen LogP) is 2.98. The summed E-state index contributed by atoms with van der Waals surface area (Å²) in [5, 5.41) is 3.61. The molecule has 2 atom stereocenters. The van der Waals surface area contributed by atoms with Crippen molar-refractivity contribution in [1.82, 2.24) is 10.2 Å². The lowest BCUT2D eigenvalue weighted by Crippen LogP contribution is -2.51. The first-order valence-electron chi connectivity index (χ1n) is 7.71. The molecule has 1 aliphatic heterocycles. The summed E-state index contributed by atoms with van der Waals surface area (Å²) in [5.41, 5.74) is 0. The topological polar surface area (TPSA) is 15.3 Å². The quantitative estimate of drug-likeness (QED) is 0.773. The molecule has 0 spiro atoms. The fraction of sp³-hybridized carbons (Fsp3) is 1.00. The largest absolute Gasteiger partial charge is 0.316 e. The van der Waals surface area contributed by atoms with E-state index in [9.17, 15) is 0 Å². The molecule has 2 aliphatic rings. The number of thioether (sulfide) groups is 1. The first-order chi connectivity index (χ1) is 8.62. The molecule has 1 aliphatic carbocycles. The molecule has 0 amide bonds. The summed E-state index contributed by atoms with van der Waals surface area (Å²) in [5.74, 6) is 2.24. The van der Waals surface area contributed by atoms with E-state index in [1.807, 2.05) is 0 Å². The lowest BCUT2D eigenvalue weighted by atomic mass is 9.78. The van der Waals surface area contributed by atoms with Gasteiger partial charge in [-0.1, -0.05) is 20.8 Å². The summed E-state index contributed by atoms with van der Waals surface area (Å²) in [6.45, 7) is 12.1. The third-order valence-corrected chi connectivity index (χ3v) is 5.92. The van der Waals surface area contributed by atoms with Crippen molar-refractivity contribution in [2.75, 3.05) is 31.9 Å². The van der Waals surface area contributed by atoms with Crippen molar-refractivity contribution in [3.63, 3.8) is 0 Å². The second kappa shape index (κ2) is 6.62. The van der Waals surface area contributed by atoms with Crippen molar-refractivity contribution in [2.45, 2.75) is 57.2 Å². The second-order valence-electron chi connectivity index (χ2n) is 6.50. The zero-order chi connectivity index (χ0) is 13.0. The molecule has 0 aromatic carbocycles. The van der Waals surface area contributed by atoms with Crippen molar-refractivity contribution in [1.29, 1.82) is 0 Å². The van der Waals surface area contributed by atoms with Gasteiger partial charge in [0.05, 0.1) is 0 Å². The van der Waals surface area contributed by atoms with Gasteiger partial charge in [-0.25, -0.2) is 0 Å². The van der Waals surface area contributed by atoms with Gasteiger partial charge in [-0.05, 0) is 51.2 Å². The molecule has 1 N–H and O–H groups in total. The Morgan fingerprint density at radius 1 is 1.28 bits per heavy atom. The predicted molar refractivity (Wildman–Crippen MR) is 82.4 cm³/mol. The Morgan fingerprint density at radius 2 is 2.11 bits per heavy atom. The van der Waals surface area contributed by atoms with Gasteiger partial charge in [-0.15, -0.1) is 0 Å². The molecule has 0 radical (unpaired) electrons. The molecule has 0 aromatic heterocycles. The molecule has 0 bridgehead atoms. The van der Waals surface area contributed by atoms with E-state index in [0.29, 0.717) is 4.75 Å². The SMILES string of the molecule is CCCNCC1CCC1N1CCSC(C)(C)CC1. The molecular weight excluding hydrogens is 240 g/mol. The second-order valence-corrected chi connectivity index (χ2v) is 8.31.